The normalized spacial score (nSPS) is 11.2. The second-order valence-electron chi connectivity index (χ2n) is 3.98. The number of aryl methyl sites for hydroxylation is 1. The number of aromatic nitrogens is 1. The lowest BCUT2D eigenvalue weighted by molar-refractivity contribution is 0.286. The molecule has 2 N–H and O–H groups in total. The van der Waals surface area contributed by atoms with Gasteiger partial charge in [0.1, 0.15) is 0 Å². The van der Waals surface area contributed by atoms with Gasteiger partial charge in [0.15, 0.2) is 5.58 Å². The topological polar surface area (TPSA) is 67.4 Å². The molecule has 2 rings (SSSR count). The minimum Gasteiger partial charge on any atom is -0.408 e. The Hall–Kier alpha value is -1.59. The van der Waals surface area contributed by atoms with Crippen LogP contribution < -0.4 is 11.1 Å². The van der Waals surface area contributed by atoms with E-state index in [2.05, 4.69) is 5.32 Å². The number of nitrogens with zero attached hydrogens (tertiary/aromatic N) is 1. The van der Waals surface area contributed by atoms with Gasteiger partial charge in [0, 0.05) is 20.2 Å². The molecule has 0 saturated carbocycles. The van der Waals surface area contributed by atoms with Crippen molar-refractivity contribution in [2.45, 2.75) is 13.0 Å². The van der Waals surface area contributed by atoms with E-state index in [9.17, 15) is 4.79 Å². The number of hydrogen-bond acceptors (Lipinski definition) is 4. The van der Waals surface area contributed by atoms with E-state index in [1.54, 1.807) is 13.1 Å². The quantitative estimate of drug-likeness (QED) is 0.746. The molecule has 2 aromatic rings. The highest BCUT2D eigenvalue weighted by molar-refractivity contribution is 5.73. The Bertz CT molecular complexity index is 556. The molecule has 0 amide bonds. The third kappa shape index (κ3) is 2.57. The second kappa shape index (κ2) is 5.16. The van der Waals surface area contributed by atoms with Crippen LogP contribution in [-0.2, 0) is 13.6 Å². The van der Waals surface area contributed by atoms with Gasteiger partial charge in [-0.1, -0.05) is 6.07 Å². The van der Waals surface area contributed by atoms with Crippen LogP contribution in [0, 0.1) is 0 Å². The van der Waals surface area contributed by atoms with Gasteiger partial charge >= 0.3 is 5.76 Å². The summed E-state index contributed by atoms with van der Waals surface area (Å²) in [5, 5.41) is 11.9. The zero-order valence-electron chi connectivity index (χ0n) is 9.77. The molecule has 0 saturated heterocycles. The highest BCUT2D eigenvalue weighted by Crippen LogP contribution is 2.13. The molecule has 5 nitrogen and oxygen atoms in total. The molecular weight excluding hydrogens is 220 g/mol. The molecule has 1 aromatic carbocycles. The molecule has 92 valence electrons. The summed E-state index contributed by atoms with van der Waals surface area (Å²) in [6.07, 6.45) is 0.743. The Kier molecular flexibility index (Phi) is 3.61. The third-order valence-electron chi connectivity index (χ3n) is 2.70. The van der Waals surface area contributed by atoms with Crippen molar-refractivity contribution in [3.63, 3.8) is 0 Å². The van der Waals surface area contributed by atoms with Gasteiger partial charge in [-0.05, 0) is 30.7 Å². The molecule has 1 heterocycles. The van der Waals surface area contributed by atoms with E-state index in [1.807, 2.05) is 12.1 Å². The van der Waals surface area contributed by atoms with Crippen LogP contribution in [0.4, 0.5) is 0 Å². The first kappa shape index (κ1) is 11.9. The van der Waals surface area contributed by atoms with Crippen molar-refractivity contribution >= 4 is 11.1 Å². The summed E-state index contributed by atoms with van der Waals surface area (Å²) in [6, 6.07) is 5.67. The first-order valence-corrected chi connectivity index (χ1v) is 5.62. The van der Waals surface area contributed by atoms with Gasteiger partial charge in [-0.15, -0.1) is 0 Å². The molecule has 0 unspecified atom stereocenters. The van der Waals surface area contributed by atoms with E-state index in [0.29, 0.717) is 5.58 Å². The summed E-state index contributed by atoms with van der Waals surface area (Å²) < 4.78 is 6.54. The molecule has 0 aliphatic carbocycles. The molecule has 5 heteroatoms. The highest BCUT2D eigenvalue weighted by atomic mass is 16.4. The van der Waals surface area contributed by atoms with Gasteiger partial charge in [0.2, 0.25) is 0 Å². The maximum absolute atomic E-state index is 11.3. The van der Waals surface area contributed by atoms with Gasteiger partial charge < -0.3 is 14.8 Å². The molecule has 1 aromatic heterocycles. The second-order valence-corrected chi connectivity index (χ2v) is 3.98. The number of fused-ring (bicyclic) bond motifs is 1. The van der Waals surface area contributed by atoms with Crippen molar-refractivity contribution in [2.24, 2.45) is 7.05 Å². The van der Waals surface area contributed by atoms with Crippen molar-refractivity contribution in [1.29, 1.82) is 0 Å². The van der Waals surface area contributed by atoms with Crippen LogP contribution in [0.2, 0.25) is 0 Å². The SMILES string of the molecule is Cn1c(=O)oc2ccc(CNCCCO)cc21. The summed E-state index contributed by atoms with van der Waals surface area (Å²) in [4.78, 5) is 11.3. The fourth-order valence-electron chi connectivity index (χ4n) is 1.72. The van der Waals surface area contributed by atoms with E-state index >= 15 is 0 Å². The summed E-state index contributed by atoms with van der Waals surface area (Å²) >= 11 is 0. The number of aliphatic hydroxyl groups excluding tert-OH is 1. The molecular formula is C12H16N2O3. The molecule has 0 radical (unpaired) electrons. The molecule has 0 bridgehead atoms. The predicted octanol–water partition coefficient (Wildman–Crippen LogP) is 0.603. The van der Waals surface area contributed by atoms with E-state index in [4.69, 9.17) is 9.52 Å². The molecule has 0 fully saturated rings. The average molecular weight is 236 g/mol. The number of nitrogens with one attached hydrogen (secondary N) is 1. The minimum absolute atomic E-state index is 0.197. The number of aliphatic hydroxyl groups is 1. The largest absolute Gasteiger partial charge is 0.419 e. The van der Waals surface area contributed by atoms with Crippen molar-refractivity contribution in [2.75, 3.05) is 13.2 Å². The molecule has 0 atom stereocenters. The molecule has 17 heavy (non-hydrogen) atoms. The van der Waals surface area contributed by atoms with Crippen LogP contribution in [0.1, 0.15) is 12.0 Å². The van der Waals surface area contributed by atoms with Gasteiger partial charge in [-0.25, -0.2) is 4.79 Å². The van der Waals surface area contributed by atoms with Gasteiger partial charge in [0.05, 0.1) is 5.52 Å². The fourth-order valence-corrected chi connectivity index (χ4v) is 1.72. The van der Waals surface area contributed by atoms with Crippen molar-refractivity contribution in [1.82, 2.24) is 9.88 Å². The standard InChI is InChI=1S/C12H16N2O3/c1-14-10-7-9(8-13-5-2-6-15)3-4-11(10)17-12(14)16/h3-4,7,13,15H,2,5-6,8H2,1H3. The molecule has 0 spiro atoms. The van der Waals surface area contributed by atoms with Gasteiger partial charge in [-0.3, -0.25) is 4.57 Å². The van der Waals surface area contributed by atoms with Crippen LogP contribution in [0.5, 0.6) is 0 Å². The maximum atomic E-state index is 11.3. The van der Waals surface area contributed by atoms with Crippen molar-refractivity contribution < 1.29 is 9.52 Å². The first-order valence-electron chi connectivity index (χ1n) is 5.62. The Morgan fingerprint density at radius 1 is 1.47 bits per heavy atom. The average Bonchev–Trinajstić information content (AvgIpc) is 2.61. The molecule has 0 aliphatic heterocycles. The third-order valence-corrected chi connectivity index (χ3v) is 2.70. The first-order chi connectivity index (χ1) is 8.22. The Morgan fingerprint density at radius 3 is 3.06 bits per heavy atom. The van der Waals surface area contributed by atoms with Gasteiger partial charge in [0.25, 0.3) is 0 Å². The lowest BCUT2D eigenvalue weighted by Crippen LogP contribution is -2.15. The van der Waals surface area contributed by atoms with E-state index < -0.39 is 0 Å². The van der Waals surface area contributed by atoms with E-state index in [-0.39, 0.29) is 12.4 Å². The van der Waals surface area contributed by atoms with Crippen molar-refractivity contribution in [3.8, 4) is 0 Å². The van der Waals surface area contributed by atoms with Crippen LogP contribution in [0.25, 0.3) is 11.1 Å². The summed E-state index contributed by atoms with van der Waals surface area (Å²) in [6.45, 7) is 1.69. The van der Waals surface area contributed by atoms with Crippen LogP contribution >= 0.6 is 0 Å². The summed E-state index contributed by atoms with van der Waals surface area (Å²) in [5.74, 6) is -0.342. The van der Waals surface area contributed by atoms with Crippen LogP contribution in [0.15, 0.2) is 27.4 Å². The summed E-state index contributed by atoms with van der Waals surface area (Å²) in [7, 11) is 1.69. The Labute approximate surface area is 98.7 Å². The molecule has 0 aliphatic rings. The van der Waals surface area contributed by atoms with E-state index in [1.165, 1.54) is 4.57 Å². The zero-order chi connectivity index (χ0) is 12.3. The monoisotopic (exact) mass is 236 g/mol. The minimum atomic E-state index is -0.342. The van der Waals surface area contributed by atoms with Gasteiger partial charge in [-0.2, -0.15) is 0 Å². The zero-order valence-corrected chi connectivity index (χ0v) is 9.77. The summed E-state index contributed by atoms with van der Waals surface area (Å²) in [5.41, 5.74) is 2.50. The number of rotatable bonds is 5. The van der Waals surface area contributed by atoms with E-state index in [0.717, 1.165) is 30.6 Å². The smallest absolute Gasteiger partial charge is 0.408 e. The Balaban J connectivity index is 2.14. The number of hydrogen-bond donors (Lipinski definition) is 2. The maximum Gasteiger partial charge on any atom is 0.419 e. The highest BCUT2D eigenvalue weighted by Gasteiger charge is 2.05. The van der Waals surface area contributed by atoms with Crippen molar-refractivity contribution in [3.05, 3.63) is 34.3 Å². The van der Waals surface area contributed by atoms with Crippen LogP contribution in [0.3, 0.4) is 0 Å². The lowest BCUT2D eigenvalue weighted by atomic mass is 10.2. The number of oxazole rings is 1. The predicted molar refractivity (Wildman–Crippen MR) is 64.9 cm³/mol. The Morgan fingerprint density at radius 2 is 2.29 bits per heavy atom. The lowest BCUT2D eigenvalue weighted by Gasteiger charge is -2.03. The number of benzene rings is 1. The fraction of sp³-hybridized carbons (Fsp3) is 0.417. The van der Waals surface area contributed by atoms with Crippen LogP contribution in [-0.4, -0.2) is 22.8 Å².